The van der Waals surface area contributed by atoms with E-state index in [4.69, 9.17) is 0 Å². The van der Waals surface area contributed by atoms with Crippen LogP contribution in [0.5, 0.6) is 0 Å². The molecule has 0 aliphatic heterocycles. The Morgan fingerprint density at radius 1 is 1.00 bits per heavy atom. The first-order valence-corrected chi connectivity index (χ1v) is 11.1. The van der Waals surface area contributed by atoms with E-state index >= 15 is 0 Å². The molecule has 0 radical (unpaired) electrons. The van der Waals surface area contributed by atoms with Crippen molar-refractivity contribution in [2.75, 3.05) is 0 Å². The largest absolute Gasteiger partial charge is 0.281 e. The summed E-state index contributed by atoms with van der Waals surface area (Å²) in [5.74, 6) is -1.35. The number of halogens is 1. The third-order valence-corrected chi connectivity index (χ3v) is 6.19. The van der Waals surface area contributed by atoms with Gasteiger partial charge in [0, 0.05) is 5.56 Å². The van der Waals surface area contributed by atoms with E-state index in [1.807, 2.05) is 44.2 Å². The van der Waals surface area contributed by atoms with Gasteiger partial charge in [0.05, 0.1) is 28.8 Å². The van der Waals surface area contributed by atoms with Crippen molar-refractivity contribution in [3.8, 4) is 16.3 Å². The van der Waals surface area contributed by atoms with Gasteiger partial charge in [0.15, 0.2) is 0 Å². The lowest BCUT2D eigenvalue weighted by molar-refractivity contribution is 0.0847. The van der Waals surface area contributed by atoms with Crippen LogP contribution in [0.15, 0.2) is 60.8 Å². The fraction of sp³-hybridized carbons (Fsp3) is 0.167. The van der Waals surface area contributed by atoms with Gasteiger partial charge < -0.3 is 0 Å². The van der Waals surface area contributed by atoms with E-state index in [0.29, 0.717) is 27.5 Å². The van der Waals surface area contributed by atoms with Crippen molar-refractivity contribution in [3.05, 3.63) is 88.4 Å². The number of aromatic nitrogens is 3. The van der Waals surface area contributed by atoms with Crippen molar-refractivity contribution in [2.24, 2.45) is 0 Å². The maximum atomic E-state index is 13.3. The monoisotopic (exact) mass is 463 g/mol. The third-order valence-electron chi connectivity index (χ3n) is 4.98. The molecule has 0 bridgehead atoms. The van der Waals surface area contributed by atoms with Crippen LogP contribution in [0.4, 0.5) is 4.39 Å². The summed E-state index contributed by atoms with van der Waals surface area (Å²) in [7, 11) is 0. The van der Waals surface area contributed by atoms with Crippen molar-refractivity contribution in [2.45, 2.75) is 26.7 Å². The number of nitrogens with one attached hydrogen (secondary N) is 2. The number of hydrogen-bond donors (Lipinski definition) is 2. The normalized spacial score (nSPS) is 10.9. The molecule has 0 aliphatic rings. The smallest absolute Gasteiger partial charge is 0.267 e. The van der Waals surface area contributed by atoms with Gasteiger partial charge in [-0.15, -0.1) is 11.3 Å². The van der Waals surface area contributed by atoms with E-state index in [1.165, 1.54) is 29.7 Å². The van der Waals surface area contributed by atoms with Crippen LogP contribution in [-0.4, -0.2) is 26.6 Å². The number of hydrazine groups is 1. The van der Waals surface area contributed by atoms with E-state index in [0.717, 1.165) is 10.6 Å². The predicted molar refractivity (Wildman–Crippen MR) is 125 cm³/mol. The molecule has 2 N–H and O–H groups in total. The Balaban J connectivity index is 1.51. The highest BCUT2D eigenvalue weighted by molar-refractivity contribution is 7.17. The molecule has 7 nitrogen and oxygen atoms in total. The van der Waals surface area contributed by atoms with Gasteiger partial charge in [-0.1, -0.05) is 44.2 Å². The standard InChI is InChI=1S/C24H22FN5O2S/c1-14(2)20-19(13-26-30(20)18-11-9-17(25)10-12-18)22(31)28-29-23(32)21-15(3)27-24(33-21)16-7-5-4-6-8-16/h4-14H,1-3H3,(H,28,31)(H,29,32). The molecule has 0 saturated heterocycles. The van der Waals surface area contributed by atoms with Crippen LogP contribution in [0, 0.1) is 12.7 Å². The van der Waals surface area contributed by atoms with Crippen molar-refractivity contribution in [1.82, 2.24) is 25.6 Å². The summed E-state index contributed by atoms with van der Waals surface area (Å²) >= 11 is 1.26. The van der Waals surface area contributed by atoms with E-state index < -0.39 is 11.8 Å². The number of carbonyl (C=O) groups is 2. The summed E-state index contributed by atoms with van der Waals surface area (Å²) in [6.07, 6.45) is 1.44. The molecule has 2 amide bonds. The molecule has 9 heteroatoms. The summed E-state index contributed by atoms with van der Waals surface area (Å²) in [6, 6.07) is 15.4. The van der Waals surface area contributed by atoms with Gasteiger partial charge in [0.25, 0.3) is 11.8 Å². The second-order valence-electron chi connectivity index (χ2n) is 7.69. The van der Waals surface area contributed by atoms with Crippen molar-refractivity contribution >= 4 is 23.2 Å². The zero-order chi connectivity index (χ0) is 23.5. The molecule has 168 valence electrons. The number of carbonyl (C=O) groups excluding carboxylic acids is 2. The van der Waals surface area contributed by atoms with Gasteiger partial charge in [0.1, 0.15) is 15.7 Å². The minimum absolute atomic E-state index is 0.0498. The molecule has 0 saturated carbocycles. The average molecular weight is 464 g/mol. The lowest BCUT2D eigenvalue weighted by Crippen LogP contribution is -2.41. The fourth-order valence-corrected chi connectivity index (χ4v) is 4.39. The zero-order valence-electron chi connectivity index (χ0n) is 18.3. The SMILES string of the molecule is Cc1nc(-c2ccccc2)sc1C(=O)NNC(=O)c1cnn(-c2ccc(F)cc2)c1C(C)C. The van der Waals surface area contributed by atoms with Gasteiger partial charge in [-0.2, -0.15) is 5.10 Å². The van der Waals surface area contributed by atoms with Gasteiger partial charge in [0.2, 0.25) is 0 Å². The summed E-state index contributed by atoms with van der Waals surface area (Å²) in [4.78, 5) is 30.5. The first kappa shape index (κ1) is 22.3. The van der Waals surface area contributed by atoms with Crippen LogP contribution in [-0.2, 0) is 0 Å². The minimum atomic E-state index is -0.495. The number of rotatable bonds is 5. The van der Waals surface area contributed by atoms with Gasteiger partial charge in [-0.3, -0.25) is 20.4 Å². The molecule has 4 rings (SSSR count). The number of benzene rings is 2. The molecule has 2 aromatic carbocycles. The molecule has 33 heavy (non-hydrogen) atoms. The molecular formula is C24H22FN5O2S. The van der Waals surface area contributed by atoms with Crippen LogP contribution in [0.1, 0.15) is 51.2 Å². The number of hydrogen-bond acceptors (Lipinski definition) is 5. The Kier molecular flexibility index (Phi) is 6.32. The molecule has 0 unspecified atom stereocenters. The molecule has 0 fully saturated rings. The number of amides is 2. The number of aryl methyl sites for hydroxylation is 1. The van der Waals surface area contributed by atoms with Crippen LogP contribution in [0.2, 0.25) is 0 Å². The first-order valence-electron chi connectivity index (χ1n) is 10.3. The number of nitrogens with zero attached hydrogens (tertiary/aromatic N) is 3. The van der Waals surface area contributed by atoms with Crippen LogP contribution >= 0.6 is 11.3 Å². The fourth-order valence-electron chi connectivity index (χ4n) is 3.43. The Morgan fingerprint density at radius 3 is 2.33 bits per heavy atom. The highest BCUT2D eigenvalue weighted by Gasteiger charge is 2.22. The van der Waals surface area contributed by atoms with E-state index in [2.05, 4.69) is 20.9 Å². The Hall–Kier alpha value is -3.85. The van der Waals surface area contributed by atoms with Gasteiger partial charge in [-0.25, -0.2) is 14.1 Å². The maximum Gasteiger partial charge on any atom is 0.281 e. The summed E-state index contributed by atoms with van der Waals surface area (Å²) < 4.78 is 14.9. The van der Waals surface area contributed by atoms with Crippen LogP contribution in [0.3, 0.4) is 0 Å². The third kappa shape index (κ3) is 4.68. The van der Waals surface area contributed by atoms with Crippen molar-refractivity contribution in [3.63, 3.8) is 0 Å². The zero-order valence-corrected chi connectivity index (χ0v) is 19.1. The first-order chi connectivity index (χ1) is 15.8. The van der Waals surface area contributed by atoms with E-state index in [-0.39, 0.29) is 11.7 Å². The highest BCUT2D eigenvalue weighted by Crippen LogP contribution is 2.27. The molecule has 0 atom stereocenters. The van der Waals surface area contributed by atoms with Crippen LogP contribution in [0.25, 0.3) is 16.3 Å². The molecule has 2 aromatic heterocycles. The lowest BCUT2D eigenvalue weighted by atomic mass is 10.1. The Morgan fingerprint density at radius 2 is 1.67 bits per heavy atom. The number of thiazole rings is 1. The highest BCUT2D eigenvalue weighted by atomic mass is 32.1. The quantitative estimate of drug-likeness (QED) is 0.422. The predicted octanol–water partition coefficient (Wildman–Crippen LogP) is 4.64. The lowest BCUT2D eigenvalue weighted by Gasteiger charge is -2.13. The summed E-state index contributed by atoms with van der Waals surface area (Å²) in [6.45, 7) is 5.61. The topological polar surface area (TPSA) is 88.9 Å². The van der Waals surface area contributed by atoms with E-state index in [9.17, 15) is 14.0 Å². The second kappa shape index (κ2) is 9.33. The van der Waals surface area contributed by atoms with Gasteiger partial charge in [-0.05, 0) is 37.1 Å². The molecule has 2 heterocycles. The second-order valence-corrected chi connectivity index (χ2v) is 8.69. The minimum Gasteiger partial charge on any atom is -0.267 e. The van der Waals surface area contributed by atoms with E-state index in [1.54, 1.807) is 23.7 Å². The van der Waals surface area contributed by atoms with Gasteiger partial charge >= 0.3 is 0 Å². The molecule has 0 spiro atoms. The summed E-state index contributed by atoms with van der Waals surface area (Å²) in [5.41, 5.74) is 8.04. The van der Waals surface area contributed by atoms with Crippen molar-refractivity contribution < 1.29 is 14.0 Å². The van der Waals surface area contributed by atoms with Crippen LogP contribution < -0.4 is 10.9 Å². The maximum absolute atomic E-state index is 13.3. The average Bonchev–Trinajstić information content (AvgIpc) is 3.43. The Labute approximate surface area is 194 Å². The summed E-state index contributed by atoms with van der Waals surface area (Å²) in [5, 5.41) is 5.04. The molecule has 4 aromatic rings. The molecule has 0 aliphatic carbocycles. The Bertz CT molecular complexity index is 1300. The molecular weight excluding hydrogens is 441 g/mol. The van der Waals surface area contributed by atoms with Crippen molar-refractivity contribution in [1.29, 1.82) is 0 Å².